The van der Waals surface area contributed by atoms with E-state index >= 15 is 0 Å². The summed E-state index contributed by atoms with van der Waals surface area (Å²) in [4.78, 5) is 41.4. The molecule has 1 fully saturated rings. The molecule has 3 aromatic rings. The van der Waals surface area contributed by atoms with Crippen LogP contribution in [0.3, 0.4) is 0 Å². The van der Waals surface area contributed by atoms with Gasteiger partial charge in [0.25, 0.3) is 11.5 Å². The third-order valence-corrected chi connectivity index (χ3v) is 6.49. The topological polar surface area (TPSA) is 142 Å². The Morgan fingerprint density at radius 1 is 1.39 bits per heavy atom. The lowest BCUT2D eigenvalue weighted by atomic mass is 10.2. The lowest BCUT2D eigenvalue weighted by molar-refractivity contribution is -0.116. The van der Waals surface area contributed by atoms with Gasteiger partial charge in [0.15, 0.2) is 0 Å². The zero-order valence-electron chi connectivity index (χ0n) is 14.8. The molecular weight excluding hydrogens is 404 g/mol. The minimum Gasteiger partial charge on any atom is -0.371 e. The van der Waals surface area contributed by atoms with Gasteiger partial charge in [-0.25, -0.2) is 4.98 Å². The van der Waals surface area contributed by atoms with E-state index in [1.54, 1.807) is 6.92 Å². The molecule has 10 nitrogen and oxygen atoms in total. The van der Waals surface area contributed by atoms with Gasteiger partial charge in [-0.05, 0) is 25.3 Å². The zero-order valence-corrected chi connectivity index (χ0v) is 16.4. The van der Waals surface area contributed by atoms with Gasteiger partial charge in [0, 0.05) is 6.61 Å². The van der Waals surface area contributed by atoms with Crippen LogP contribution in [-0.2, 0) is 16.1 Å². The first-order valence-corrected chi connectivity index (χ1v) is 10.1. The van der Waals surface area contributed by atoms with Crippen LogP contribution in [0.4, 0.5) is 5.13 Å². The smallest absolute Gasteiger partial charge is 0.262 e. The summed E-state index contributed by atoms with van der Waals surface area (Å²) in [5.41, 5.74) is 5.40. The van der Waals surface area contributed by atoms with Gasteiger partial charge in [-0.15, -0.1) is 21.5 Å². The fourth-order valence-electron chi connectivity index (χ4n) is 3.01. The summed E-state index contributed by atoms with van der Waals surface area (Å²) in [7, 11) is 0. The second kappa shape index (κ2) is 7.37. The highest BCUT2D eigenvalue weighted by Gasteiger charge is 2.23. The molecule has 0 aliphatic carbocycles. The van der Waals surface area contributed by atoms with Crippen LogP contribution in [-0.4, -0.2) is 38.2 Å². The van der Waals surface area contributed by atoms with Crippen LogP contribution < -0.4 is 16.6 Å². The molecular formula is C16H16N6O4S2. The molecule has 0 spiro atoms. The Morgan fingerprint density at radius 3 is 2.93 bits per heavy atom. The monoisotopic (exact) mass is 420 g/mol. The van der Waals surface area contributed by atoms with Gasteiger partial charge in [0.1, 0.15) is 22.5 Å². The molecule has 1 aliphatic heterocycles. The normalized spacial score (nSPS) is 16.5. The van der Waals surface area contributed by atoms with Crippen LogP contribution in [0.5, 0.6) is 0 Å². The molecule has 0 radical (unpaired) electrons. The third-order valence-electron chi connectivity index (χ3n) is 4.35. The van der Waals surface area contributed by atoms with E-state index in [0.29, 0.717) is 27.5 Å². The number of rotatable bonds is 5. The average Bonchev–Trinajstić information content (AvgIpc) is 3.37. The second-order valence-electron chi connectivity index (χ2n) is 6.27. The summed E-state index contributed by atoms with van der Waals surface area (Å²) in [6.07, 6.45) is 3.07. The number of nitrogens with one attached hydrogen (secondary N) is 1. The largest absolute Gasteiger partial charge is 0.371 e. The van der Waals surface area contributed by atoms with Crippen molar-refractivity contribution in [1.29, 1.82) is 0 Å². The lowest BCUT2D eigenvalue weighted by Gasteiger charge is -2.05. The molecule has 3 N–H and O–H groups in total. The molecule has 1 saturated heterocycles. The summed E-state index contributed by atoms with van der Waals surface area (Å²) in [6.45, 7) is 2.10. The highest BCUT2D eigenvalue weighted by atomic mass is 32.1. The number of hydrogen-bond acceptors (Lipinski definition) is 9. The SMILES string of the molecule is Cc1c(C(N)=O)sc2ncn(CC(=O)Nc3nnc(C4CCCO4)s3)c(=O)c12. The molecule has 4 rings (SSSR count). The summed E-state index contributed by atoms with van der Waals surface area (Å²) in [5.74, 6) is -1.04. The van der Waals surface area contributed by atoms with Gasteiger partial charge in [0.2, 0.25) is 11.0 Å². The van der Waals surface area contributed by atoms with Crippen LogP contribution >= 0.6 is 22.7 Å². The van der Waals surface area contributed by atoms with Crippen LogP contribution in [0.25, 0.3) is 10.2 Å². The summed E-state index contributed by atoms with van der Waals surface area (Å²) < 4.78 is 6.73. The Morgan fingerprint density at radius 2 is 2.21 bits per heavy atom. The number of primary amides is 1. The number of carbonyl (C=O) groups excluding carboxylic acids is 2. The maximum absolute atomic E-state index is 12.7. The molecule has 1 aliphatic rings. The first-order chi connectivity index (χ1) is 13.4. The van der Waals surface area contributed by atoms with E-state index in [-0.39, 0.29) is 17.5 Å². The summed E-state index contributed by atoms with van der Waals surface area (Å²) >= 11 is 2.32. The van der Waals surface area contributed by atoms with Gasteiger partial charge in [-0.2, -0.15) is 0 Å². The standard InChI is InChI=1S/C16H16N6O4S2/c1-7-10-14(27-11(7)12(17)24)18-6-22(15(10)25)5-9(23)19-16-21-20-13(28-16)8-3-2-4-26-8/h6,8H,2-5H2,1H3,(H2,17,24)(H,19,21,23). The second-order valence-corrected chi connectivity index (χ2v) is 8.28. The molecule has 0 saturated carbocycles. The van der Waals surface area contributed by atoms with Gasteiger partial charge < -0.3 is 10.5 Å². The minimum absolute atomic E-state index is 0.0709. The highest BCUT2D eigenvalue weighted by molar-refractivity contribution is 7.20. The van der Waals surface area contributed by atoms with Gasteiger partial charge in [-0.3, -0.25) is 24.3 Å². The predicted octanol–water partition coefficient (Wildman–Crippen LogP) is 1.21. The van der Waals surface area contributed by atoms with Crippen LogP contribution in [0.2, 0.25) is 0 Å². The Balaban J connectivity index is 1.52. The van der Waals surface area contributed by atoms with Gasteiger partial charge >= 0.3 is 0 Å². The van der Waals surface area contributed by atoms with E-state index in [9.17, 15) is 14.4 Å². The summed E-state index contributed by atoms with van der Waals surface area (Å²) in [6, 6.07) is 0. The number of amides is 2. The van der Waals surface area contributed by atoms with E-state index < -0.39 is 17.4 Å². The zero-order chi connectivity index (χ0) is 19.8. The molecule has 2 amide bonds. The maximum atomic E-state index is 12.7. The van der Waals surface area contributed by atoms with Crippen molar-refractivity contribution in [3.63, 3.8) is 0 Å². The van der Waals surface area contributed by atoms with Crippen molar-refractivity contribution in [1.82, 2.24) is 19.7 Å². The van der Waals surface area contributed by atoms with Gasteiger partial charge in [-0.1, -0.05) is 11.3 Å². The van der Waals surface area contributed by atoms with Crippen molar-refractivity contribution in [2.75, 3.05) is 11.9 Å². The molecule has 3 aromatic heterocycles. The molecule has 1 unspecified atom stereocenters. The van der Waals surface area contributed by atoms with Crippen molar-refractivity contribution in [3.05, 3.63) is 32.1 Å². The Bertz CT molecular complexity index is 1130. The molecule has 12 heteroatoms. The quantitative estimate of drug-likeness (QED) is 0.631. The number of aryl methyl sites for hydroxylation is 1. The van der Waals surface area contributed by atoms with Crippen molar-refractivity contribution in [2.24, 2.45) is 5.73 Å². The number of anilines is 1. The molecule has 0 bridgehead atoms. The Labute approximate surface area is 166 Å². The molecule has 1 atom stereocenters. The first kappa shape index (κ1) is 18.7. The summed E-state index contributed by atoms with van der Waals surface area (Å²) in [5, 5.41) is 12.0. The van der Waals surface area contributed by atoms with Crippen molar-refractivity contribution in [2.45, 2.75) is 32.4 Å². The predicted molar refractivity (Wildman–Crippen MR) is 104 cm³/mol. The van der Waals surface area contributed by atoms with Crippen molar-refractivity contribution >= 4 is 49.8 Å². The number of nitrogens with two attached hydrogens (primary N) is 1. The van der Waals surface area contributed by atoms with E-state index in [0.717, 1.165) is 29.2 Å². The average molecular weight is 420 g/mol. The van der Waals surface area contributed by atoms with Gasteiger partial charge in [0.05, 0.1) is 16.6 Å². The molecule has 146 valence electrons. The number of nitrogens with zero attached hydrogens (tertiary/aromatic N) is 4. The highest BCUT2D eigenvalue weighted by Crippen LogP contribution is 2.32. The minimum atomic E-state index is -0.609. The maximum Gasteiger partial charge on any atom is 0.262 e. The number of fused-ring (bicyclic) bond motifs is 1. The van der Waals surface area contributed by atoms with E-state index in [2.05, 4.69) is 20.5 Å². The van der Waals surface area contributed by atoms with E-state index in [1.807, 2.05) is 0 Å². The fourth-order valence-corrected chi connectivity index (χ4v) is 4.84. The number of ether oxygens (including phenoxy) is 1. The first-order valence-electron chi connectivity index (χ1n) is 8.47. The molecule has 28 heavy (non-hydrogen) atoms. The Hall–Kier alpha value is -2.70. The number of carbonyl (C=O) groups is 2. The third kappa shape index (κ3) is 3.41. The lowest BCUT2D eigenvalue weighted by Crippen LogP contribution is -2.28. The van der Waals surface area contributed by atoms with Crippen LogP contribution in [0, 0.1) is 6.92 Å². The molecule has 4 heterocycles. The molecule has 0 aromatic carbocycles. The number of hydrogen-bond donors (Lipinski definition) is 2. The van der Waals surface area contributed by atoms with Crippen molar-refractivity contribution in [3.8, 4) is 0 Å². The van der Waals surface area contributed by atoms with Crippen LogP contribution in [0.15, 0.2) is 11.1 Å². The Kier molecular flexibility index (Phi) is 4.91. The number of thiophene rings is 1. The van der Waals surface area contributed by atoms with E-state index in [4.69, 9.17) is 10.5 Å². The van der Waals surface area contributed by atoms with E-state index in [1.165, 1.54) is 22.2 Å². The van der Waals surface area contributed by atoms with Crippen molar-refractivity contribution < 1.29 is 14.3 Å². The van der Waals surface area contributed by atoms with Crippen LogP contribution in [0.1, 0.15) is 39.2 Å². The fraction of sp³-hybridized carbons (Fsp3) is 0.375. The number of aromatic nitrogens is 4.